The van der Waals surface area contributed by atoms with Crippen LogP contribution in [-0.4, -0.2) is 17.9 Å². The molecule has 0 saturated heterocycles. The monoisotopic (exact) mass is 345 g/mol. The van der Waals surface area contributed by atoms with E-state index in [1.807, 2.05) is 12.3 Å². The molecule has 122 valence electrons. The molecule has 4 heteroatoms. The Morgan fingerprint density at radius 3 is 2.64 bits per heavy atom. The molecule has 0 atom stereocenters. The maximum atomic E-state index is 4.73. The molecule has 0 fully saturated rings. The molecule has 1 aromatic heterocycles. The van der Waals surface area contributed by atoms with Crippen molar-refractivity contribution in [2.75, 3.05) is 12.0 Å². The molecule has 1 aliphatic rings. The fourth-order valence-electron chi connectivity index (χ4n) is 3.52. The number of hydrogen-bond donors (Lipinski definition) is 2. The molecule has 0 aliphatic carbocycles. The van der Waals surface area contributed by atoms with Crippen molar-refractivity contribution in [1.29, 1.82) is 0 Å². The van der Waals surface area contributed by atoms with E-state index in [9.17, 15) is 0 Å². The summed E-state index contributed by atoms with van der Waals surface area (Å²) in [6.45, 7) is 0.726. The lowest BCUT2D eigenvalue weighted by atomic mass is 9.93. The molecule has 5 rings (SSSR count). The number of benzene rings is 3. The van der Waals surface area contributed by atoms with E-state index in [0.717, 1.165) is 17.9 Å². The van der Waals surface area contributed by atoms with E-state index in [1.54, 1.807) is 0 Å². The maximum Gasteiger partial charge on any atom is 0.214 e. The van der Waals surface area contributed by atoms with Crippen molar-refractivity contribution in [2.45, 2.75) is 0 Å². The van der Waals surface area contributed by atoms with Gasteiger partial charge in [-0.05, 0) is 22.6 Å². The summed E-state index contributed by atoms with van der Waals surface area (Å²) in [7, 11) is 0. The van der Waals surface area contributed by atoms with Gasteiger partial charge >= 0.3 is 0 Å². The molecule has 0 spiro atoms. The van der Waals surface area contributed by atoms with E-state index in [4.69, 9.17) is 4.98 Å². The summed E-state index contributed by atoms with van der Waals surface area (Å²) in [5.74, 6) is 0. The summed E-state index contributed by atoms with van der Waals surface area (Å²) in [4.78, 5) is 8.04. The molecule has 0 unspecified atom stereocenters. The third-order valence-electron chi connectivity index (χ3n) is 4.62. The number of nitrogens with one attached hydrogen (secondary N) is 2. The van der Waals surface area contributed by atoms with Crippen LogP contribution in [0, 0.1) is 0 Å². The molecule has 2 heterocycles. The van der Waals surface area contributed by atoms with Crippen LogP contribution in [0.2, 0.25) is 0 Å². The zero-order chi connectivity index (χ0) is 15.9. The number of anilines is 1. The lowest BCUT2D eigenvalue weighted by Gasteiger charge is -2.17. The molecule has 0 saturated carbocycles. The molecule has 0 radical (unpaired) electrons. The Hall–Kier alpha value is -2.91. The number of halogens is 1. The topological polar surface area (TPSA) is 38.9 Å². The Balaban J connectivity index is 0.00000157. The number of hydrogen-bond acceptors (Lipinski definition) is 2. The van der Waals surface area contributed by atoms with E-state index in [-0.39, 0.29) is 12.4 Å². The van der Waals surface area contributed by atoms with Gasteiger partial charge in [-0.2, -0.15) is 0 Å². The van der Waals surface area contributed by atoms with Gasteiger partial charge in [0.15, 0.2) is 6.21 Å². The number of aromatic nitrogens is 1. The number of pyridine rings is 1. The fourth-order valence-corrected chi connectivity index (χ4v) is 3.52. The van der Waals surface area contributed by atoms with Crippen LogP contribution >= 0.6 is 0 Å². The molecule has 0 bridgehead atoms. The van der Waals surface area contributed by atoms with Crippen LogP contribution in [0.1, 0.15) is 5.56 Å². The number of nitrogens with zero attached hydrogens (tertiary/aromatic N) is 1. The van der Waals surface area contributed by atoms with Crippen LogP contribution in [0.5, 0.6) is 0 Å². The largest absolute Gasteiger partial charge is 1.00 e. The highest BCUT2D eigenvalue weighted by Gasteiger charge is 2.20. The molecule has 25 heavy (non-hydrogen) atoms. The van der Waals surface area contributed by atoms with E-state index >= 15 is 0 Å². The number of rotatable bonds is 1. The lowest BCUT2D eigenvalue weighted by Crippen LogP contribution is -3.00. The van der Waals surface area contributed by atoms with Crippen LogP contribution in [0.15, 0.2) is 66.9 Å². The Morgan fingerprint density at radius 2 is 1.76 bits per heavy atom. The van der Waals surface area contributed by atoms with Crippen LogP contribution in [-0.2, 0) is 0 Å². The molecular formula is C21H16ClN3. The highest BCUT2D eigenvalue weighted by molar-refractivity contribution is 6.17. The van der Waals surface area contributed by atoms with Crippen LogP contribution in [0.25, 0.3) is 32.8 Å². The summed E-state index contributed by atoms with van der Waals surface area (Å²) in [6.07, 6.45) is 4.07. The Bertz CT molecular complexity index is 1100. The molecule has 2 N–H and O–H groups in total. The summed E-state index contributed by atoms with van der Waals surface area (Å²) >= 11 is 0. The van der Waals surface area contributed by atoms with Crippen molar-refractivity contribution in [3.8, 4) is 11.1 Å². The highest BCUT2D eigenvalue weighted by Crippen LogP contribution is 2.38. The third kappa shape index (κ3) is 2.44. The maximum absolute atomic E-state index is 4.73. The van der Waals surface area contributed by atoms with Gasteiger partial charge in [-0.15, -0.1) is 0 Å². The summed E-state index contributed by atoms with van der Waals surface area (Å²) in [5.41, 5.74) is 5.77. The average molecular weight is 346 g/mol. The van der Waals surface area contributed by atoms with Gasteiger partial charge in [0.1, 0.15) is 0 Å². The van der Waals surface area contributed by atoms with Crippen molar-refractivity contribution in [3.05, 3.63) is 72.4 Å². The zero-order valence-electron chi connectivity index (χ0n) is 13.5. The Kier molecular flexibility index (Phi) is 3.86. The van der Waals surface area contributed by atoms with Crippen molar-refractivity contribution in [1.82, 2.24) is 4.98 Å². The van der Waals surface area contributed by atoms with E-state index in [2.05, 4.69) is 71.1 Å². The Morgan fingerprint density at radius 1 is 0.960 bits per heavy atom. The third-order valence-corrected chi connectivity index (χ3v) is 4.62. The predicted molar refractivity (Wildman–Crippen MR) is 99.3 cm³/mol. The lowest BCUT2D eigenvalue weighted by molar-refractivity contribution is -0.444. The Labute approximate surface area is 151 Å². The summed E-state index contributed by atoms with van der Waals surface area (Å²) < 4.78 is 0. The molecule has 3 aromatic carbocycles. The second kappa shape index (κ2) is 6.19. The van der Waals surface area contributed by atoms with Crippen LogP contribution < -0.4 is 22.7 Å². The quantitative estimate of drug-likeness (QED) is 0.475. The molecule has 0 amide bonds. The van der Waals surface area contributed by atoms with Gasteiger partial charge in [0.05, 0.1) is 16.8 Å². The van der Waals surface area contributed by atoms with Gasteiger partial charge < -0.3 is 17.7 Å². The number of fused-ring (bicyclic) bond motifs is 5. The van der Waals surface area contributed by atoms with Crippen molar-refractivity contribution in [2.24, 2.45) is 0 Å². The van der Waals surface area contributed by atoms with Gasteiger partial charge in [-0.25, -0.2) is 4.99 Å². The first-order valence-corrected chi connectivity index (χ1v) is 8.12. The van der Waals surface area contributed by atoms with Gasteiger partial charge in [0.25, 0.3) is 0 Å². The smallest absolute Gasteiger partial charge is 0.214 e. The molecular weight excluding hydrogens is 330 g/mol. The minimum Gasteiger partial charge on any atom is -1.00 e. The predicted octanol–water partition coefficient (Wildman–Crippen LogP) is -0.0585. The zero-order valence-corrected chi connectivity index (χ0v) is 14.2. The van der Waals surface area contributed by atoms with E-state index < -0.39 is 0 Å². The SMILES string of the molecule is C1=[NH+]CNc2c1c(-c1ccccc1)cc1ncc3ccccc3c21.[Cl-]. The van der Waals surface area contributed by atoms with Gasteiger partial charge in [0.2, 0.25) is 6.67 Å². The van der Waals surface area contributed by atoms with Crippen LogP contribution in [0.4, 0.5) is 5.69 Å². The minimum absolute atomic E-state index is 0. The first-order valence-electron chi connectivity index (χ1n) is 8.12. The van der Waals surface area contributed by atoms with Gasteiger partial charge in [0, 0.05) is 17.0 Å². The van der Waals surface area contributed by atoms with Crippen molar-refractivity contribution < 1.29 is 17.4 Å². The second-order valence-electron chi connectivity index (χ2n) is 6.02. The summed E-state index contributed by atoms with van der Waals surface area (Å²) in [5, 5.41) is 7.12. The van der Waals surface area contributed by atoms with Gasteiger partial charge in [-0.3, -0.25) is 4.98 Å². The molecule has 3 nitrogen and oxygen atoms in total. The van der Waals surface area contributed by atoms with Crippen molar-refractivity contribution >= 4 is 33.6 Å². The first-order chi connectivity index (χ1) is 11.9. The normalized spacial score (nSPS) is 12.5. The van der Waals surface area contributed by atoms with Crippen LogP contribution in [0.3, 0.4) is 0 Å². The van der Waals surface area contributed by atoms with E-state index in [0.29, 0.717) is 0 Å². The van der Waals surface area contributed by atoms with Crippen molar-refractivity contribution in [3.63, 3.8) is 0 Å². The first kappa shape index (κ1) is 15.6. The second-order valence-corrected chi connectivity index (χ2v) is 6.02. The molecule has 1 aliphatic heterocycles. The average Bonchev–Trinajstić information content (AvgIpc) is 2.67. The van der Waals surface area contributed by atoms with E-state index in [1.165, 1.54) is 32.8 Å². The fraction of sp³-hybridized carbons (Fsp3) is 0.0476. The molecule has 4 aromatic rings. The highest BCUT2D eigenvalue weighted by atomic mass is 35.5. The standard InChI is InChI=1S/C21H15N3.ClH/c1-2-6-14(7-3-1)17-10-19-20(21-18(17)12-22-13-24-21)16-9-5-4-8-15(16)11-23-19;/h1-12,24H,13H2;1H. The minimum atomic E-state index is 0. The van der Waals surface area contributed by atoms with Gasteiger partial charge in [-0.1, -0.05) is 54.6 Å². The summed E-state index contributed by atoms with van der Waals surface area (Å²) in [6, 6.07) is 21.1.